The van der Waals surface area contributed by atoms with Gasteiger partial charge in [0.1, 0.15) is 17.4 Å². The number of carbonyl (C=O) groups excluding carboxylic acids is 2. The molecule has 0 spiro atoms. The number of allylic oxidation sites excluding steroid dienone is 2. The molecule has 1 aliphatic heterocycles. The first-order valence-corrected chi connectivity index (χ1v) is 14.3. The second kappa shape index (κ2) is 17.2. The summed E-state index contributed by atoms with van der Waals surface area (Å²) in [6.07, 6.45) is 9.35. The molecule has 1 aliphatic rings. The zero-order valence-corrected chi connectivity index (χ0v) is 24.5. The summed E-state index contributed by atoms with van der Waals surface area (Å²) in [6, 6.07) is 5.86. The third kappa shape index (κ3) is 10.9. The van der Waals surface area contributed by atoms with Gasteiger partial charge in [0.05, 0.1) is 29.0 Å². The van der Waals surface area contributed by atoms with Gasteiger partial charge >= 0.3 is 12.3 Å². The molecule has 0 saturated heterocycles. The Kier molecular flexibility index (Phi) is 14.0. The Hall–Kier alpha value is -3.56. The molecule has 0 saturated carbocycles. The van der Waals surface area contributed by atoms with Crippen LogP contribution in [0.5, 0.6) is 0 Å². The molecule has 10 heteroatoms. The van der Waals surface area contributed by atoms with Crippen molar-refractivity contribution in [1.29, 1.82) is 0 Å². The first kappa shape index (κ1) is 32.7. The zero-order valence-electron chi connectivity index (χ0n) is 24.5. The van der Waals surface area contributed by atoms with Crippen molar-refractivity contribution >= 4 is 18.0 Å². The Balaban J connectivity index is 2.04. The fraction of sp³-hybridized carbons (Fsp3) is 0.600. The molecule has 2 rings (SSSR count). The number of benzene rings is 1. The van der Waals surface area contributed by atoms with Crippen LogP contribution in [0.4, 0.5) is 15.3 Å². The standard InChI is InChI=1S/C30H44N2O8/c1-6-7-8-9-10-11-12-13-14-15-19-37-29(33)39-27-22(4)31-23(5)28(40-30(34)38-21(2)3)26(27)24-17-16-18-25(20-24)32(35)36/h16-18,20-21,26,31H,6-15,19H2,1-5H3. The molecule has 0 amide bonds. The second-order valence-electron chi connectivity index (χ2n) is 10.3. The van der Waals surface area contributed by atoms with Crippen LogP contribution in [-0.2, 0) is 18.9 Å². The molecule has 222 valence electrons. The lowest BCUT2D eigenvalue weighted by Gasteiger charge is -2.30. The minimum Gasteiger partial charge on any atom is -0.434 e. The number of nitro groups is 1. The van der Waals surface area contributed by atoms with Gasteiger partial charge in [-0.3, -0.25) is 10.1 Å². The fourth-order valence-electron chi connectivity index (χ4n) is 4.52. The van der Waals surface area contributed by atoms with Gasteiger partial charge in [-0.05, 0) is 39.7 Å². The summed E-state index contributed by atoms with van der Waals surface area (Å²) >= 11 is 0. The first-order valence-electron chi connectivity index (χ1n) is 14.3. The fourth-order valence-corrected chi connectivity index (χ4v) is 4.52. The Morgan fingerprint density at radius 2 is 1.45 bits per heavy atom. The largest absolute Gasteiger partial charge is 0.513 e. The number of nitro benzene ring substituents is 1. The van der Waals surface area contributed by atoms with Gasteiger partial charge in [0.15, 0.2) is 0 Å². The van der Waals surface area contributed by atoms with Gasteiger partial charge in [-0.25, -0.2) is 9.59 Å². The highest BCUT2D eigenvalue weighted by Gasteiger charge is 2.36. The number of nitrogens with one attached hydrogen (secondary N) is 1. The molecule has 0 bridgehead atoms. The van der Waals surface area contributed by atoms with Crippen molar-refractivity contribution in [1.82, 2.24) is 5.32 Å². The maximum absolute atomic E-state index is 12.7. The van der Waals surface area contributed by atoms with E-state index in [0.717, 1.165) is 19.3 Å². The summed E-state index contributed by atoms with van der Waals surface area (Å²) in [5.74, 6) is -0.702. The van der Waals surface area contributed by atoms with Gasteiger partial charge in [-0.1, -0.05) is 76.8 Å². The maximum atomic E-state index is 12.7. The van der Waals surface area contributed by atoms with Crippen LogP contribution in [0.2, 0.25) is 0 Å². The van der Waals surface area contributed by atoms with E-state index in [1.807, 2.05) is 0 Å². The van der Waals surface area contributed by atoms with Crippen molar-refractivity contribution in [2.45, 2.75) is 111 Å². The van der Waals surface area contributed by atoms with Crippen LogP contribution in [0, 0.1) is 10.1 Å². The molecular formula is C30H44N2O8. The van der Waals surface area contributed by atoms with Crippen LogP contribution in [-0.4, -0.2) is 29.9 Å². The van der Waals surface area contributed by atoms with Gasteiger partial charge < -0.3 is 24.3 Å². The molecule has 1 N–H and O–H groups in total. The number of unbranched alkanes of at least 4 members (excludes halogenated alkanes) is 9. The van der Waals surface area contributed by atoms with Crippen LogP contribution < -0.4 is 5.32 Å². The van der Waals surface area contributed by atoms with Crippen LogP contribution in [0.3, 0.4) is 0 Å². The Morgan fingerprint density at radius 3 is 2.00 bits per heavy atom. The Labute approximate surface area is 237 Å². The summed E-state index contributed by atoms with van der Waals surface area (Å²) in [4.78, 5) is 36.0. The van der Waals surface area contributed by atoms with Crippen LogP contribution in [0.15, 0.2) is 47.2 Å². The highest BCUT2D eigenvalue weighted by molar-refractivity contribution is 5.65. The molecular weight excluding hydrogens is 516 g/mol. The van der Waals surface area contributed by atoms with E-state index in [4.69, 9.17) is 18.9 Å². The van der Waals surface area contributed by atoms with Crippen molar-refractivity contribution in [3.05, 3.63) is 62.9 Å². The van der Waals surface area contributed by atoms with E-state index in [1.54, 1.807) is 33.8 Å². The lowest BCUT2D eigenvalue weighted by molar-refractivity contribution is -0.384. The van der Waals surface area contributed by atoms with Crippen LogP contribution in [0.25, 0.3) is 0 Å². The number of non-ortho nitro benzene ring substituents is 1. The monoisotopic (exact) mass is 560 g/mol. The topological polar surface area (TPSA) is 126 Å². The van der Waals surface area contributed by atoms with Gasteiger partial charge in [0, 0.05) is 12.1 Å². The minimum atomic E-state index is -0.941. The number of hydrogen-bond acceptors (Lipinski definition) is 9. The molecule has 1 atom stereocenters. The number of dihydropyridines is 1. The van der Waals surface area contributed by atoms with E-state index in [-0.39, 0.29) is 23.8 Å². The molecule has 1 aromatic rings. The van der Waals surface area contributed by atoms with E-state index in [2.05, 4.69) is 12.2 Å². The molecule has 10 nitrogen and oxygen atoms in total. The minimum absolute atomic E-state index is 0.106. The lowest BCUT2D eigenvalue weighted by atomic mass is 9.90. The smallest absolute Gasteiger partial charge is 0.434 e. The Bertz CT molecular complexity index is 1060. The third-order valence-corrected chi connectivity index (χ3v) is 6.49. The summed E-state index contributed by atoms with van der Waals surface area (Å²) in [5, 5.41) is 14.5. The molecule has 1 heterocycles. The molecule has 40 heavy (non-hydrogen) atoms. The molecule has 0 radical (unpaired) electrons. The number of hydrogen-bond donors (Lipinski definition) is 1. The maximum Gasteiger partial charge on any atom is 0.513 e. The van der Waals surface area contributed by atoms with E-state index in [9.17, 15) is 19.7 Å². The molecule has 1 unspecified atom stereocenters. The van der Waals surface area contributed by atoms with Crippen molar-refractivity contribution in [3.63, 3.8) is 0 Å². The molecule has 0 aliphatic carbocycles. The van der Waals surface area contributed by atoms with Crippen molar-refractivity contribution < 1.29 is 33.5 Å². The quantitative estimate of drug-likeness (QED) is 0.0917. The van der Waals surface area contributed by atoms with Crippen molar-refractivity contribution in [2.24, 2.45) is 0 Å². The van der Waals surface area contributed by atoms with E-state index in [0.29, 0.717) is 17.0 Å². The van der Waals surface area contributed by atoms with Gasteiger partial charge in [0.2, 0.25) is 0 Å². The summed E-state index contributed by atoms with van der Waals surface area (Å²) in [7, 11) is 0. The highest BCUT2D eigenvalue weighted by atomic mass is 16.7. The number of ether oxygens (including phenoxy) is 4. The number of nitrogens with zero attached hydrogens (tertiary/aromatic N) is 1. The summed E-state index contributed by atoms with van der Waals surface area (Å²) in [5.41, 5.74) is 1.20. The SMILES string of the molecule is CCCCCCCCCCCCOC(=O)OC1=C(C)NC(C)=C(OC(=O)OC(C)C)C1c1cccc([N+](=O)[O-])c1. The van der Waals surface area contributed by atoms with E-state index < -0.39 is 29.3 Å². The van der Waals surface area contributed by atoms with Crippen LogP contribution >= 0.6 is 0 Å². The normalized spacial score (nSPS) is 15.1. The highest BCUT2D eigenvalue weighted by Crippen LogP contribution is 2.40. The molecule has 0 fully saturated rings. The lowest BCUT2D eigenvalue weighted by Crippen LogP contribution is -2.29. The van der Waals surface area contributed by atoms with Gasteiger partial charge in [-0.15, -0.1) is 0 Å². The Morgan fingerprint density at radius 1 is 0.900 bits per heavy atom. The van der Waals surface area contributed by atoms with E-state index in [1.165, 1.54) is 63.1 Å². The average Bonchev–Trinajstić information content (AvgIpc) is 2.89. The number of carbonyl (C=O) groups is 2. The first-order chi connectivity index (χ1) is 19.1. The molecule has 1 aromatic carbocycles. The van der Waals surface area contributed by atoms with Crippen molar-refractivity contribution in [3.8, 4) is 0 Å². The second-order valence-corrected chi connectivity index (χ2v) is 10.3. The van der Waals surface area contributed by atoms with Crippen molar-refractivity contribution in [2.75, 3.05) is 6.61 Å². The van der Waals surface area contributed by atoms with E-state index >= 15 is 0 Å². The summed E-state index contributed by atoms with van der Waals surface area (Å²) < 4.78 is 21.6. The van der Waals surface area contributed by atoms with Gasteiger partial charge in [0.25, 0.3) is 5.69 Å². The molecule has 0 aromatic heterocycles. The predicted molar refractivity (Wildman–Crippen MR) is 151 cm³/mol. The number of rotatable bonds is 16. The third-order valence-electron chi connectivity index (χ3n) is 6.49. The average molecular weight is 561 g/mol. The zero-order chi connectivity index (χ0) is 29.5. The van der Waals surface area contributed by atoms with Gasteiger partial charge in [-0.2, -0.15) is 0 Å². The summed E-state index contributed by atoms with van der Waals surface area (Å²) in [6.45, 7) is 9.18. The van der Waals surface area contributed by atoms with Crippen LogP contribution in [0.1, 0.15) is 110 Å². The predicted octanol–water partition coefficient (Wildman–Crippen LogP) is 8.38.